The summed E-state index contributed by atoms with van der Waals surface area (Å²) in [6, 6.07) is 0.387. The molecule has 4 rings (SSSR count). The van der Waals surface area contributed by atoms with Crippen molar-refractivity contribution in [3.8, 4) is 0 Å². The zero-order valence-electron chi connectivity index (χ0n) is 16.4. The van der Waals surface area contributed by atoms with Gasteiger partial charge >= 0.3 is 0 Å². The molecule has 2 aliphatic heterocycles. The minimum absolute atomic E-state index is 0.0521. The number of aromatic nitrogens is 3. The van der Waals surface area contributed by atoms with E-state index in [0.29, 0.717) is 17.9 Å². The van der Waals surface area contributed by atoms with E-state index in [-0.39, 0.29) is 29.9 Å². The summed E-state index contributed by atoms with van der Waals surface area (Å²) >= 11 is 0. The Morgan fingerprint density at radius 1 is 1.14 bits per heavy atom. The molecule has 4 heterocycles. The first kappa shape index (κ1) is 18.6. The highest BCUT2D eigenvalue weighted by Crippen LogP contribution is 2.36. The maximum atomic E-state index is 13.0. The number of rotatable bonds is 4. The van der Waals surface area contributed by atoms with Crippen LogP contribution in [0.2, 0.25) is 0 Å². The predicted molar refractivity (Wildman–Crippen MR) is 101 cm³/mol. The summed E-state index contributed by atoms with van der Waals surface area (Å²) < 4.78 is 5.18. The van der Waals surface area contributed by atoms with Crippen molar-refractivity contribution in [3.05, 3.63) is 40.8 Å². The molecule has 1 N–H and O–H groups in total. The highest BCUT2D eigenvalue weighted by atomic mass is 16.5. The number of hydrogen-bond donors (Lipinski definition) is 1. The molecule has 2 bridgehead atoms. The quantitative estimate of drug-likeness (QED) is 0.865. The van der Waals surface area contributed by atoms with Gasteiger partial charge in [0, 0.05) is 29.9 Å². The number of carbonyl (C=O) groups is 2. The summed E-state index contributed by atoms with van der Waals surface area (Å²) in [6.07, 6.45) is 6.92. The zero-order chi connectivity index (χ0) is 19.8. The lowest BCUT2D eigenvalue weighted by Crippen LogP contribution is -2.52. The Morgan fingerprint density at radius 2 is 1.86 bits per heavy atom. The van der Waals surface area contributed by atoms with Gasteiger partial charge in [-0.15, -0.1) is 0 Å². The fourth-order valence-electron chi connectivity index (χ4n) is 4.47. The first-order valence-corrected chi connectivity index (χ1v) is 9.74. The minimum Gasteiger partial charge on any atom is -0.361 e. The molecule has 8 nitrogen and oxygen atoms in total. The van der Waals surface area contributed by atoms with Crippen molar-refractivity contribution in [3.63, 3.8) is 0 Å². The molecule has 148 valence electrons. The van der Waals surface area contributed by atoms with E-state index in [4.69, 9.17) is 4.52 Å². The molecule has 0 saturated carbocycles. The van der Waals surface area contributed by atoms with E-state index in [1.807, 2.05) is 25.7 Å². The SMILES string of the molecule is Cc1cnc(C(=O)NC2C[C@H]3CC[C@@H](C2)N3C(=O)Cc2c(C)noc2C)cn1. The van der Waals surface area contributed by atoms with Gasteiger partial charge in [-0.2, -0.15) is 0 Å². The normalized spacial score (nSPS) is 23.7. The van der Waals surface area contributed by atoms with Gasteiger partial charge in [-0.1, -0.05) is 5.16 Å². The zero-order valence-corrected chi connectivity index (χ0v) is 16.4. The predicted octanol–water partition coefficient (Wildman–Crippen LogP) is 1.88. The van der Waals surface area contributed by atoms with Gasteiger partial charge in [0.2, 0.25) is 5.91 Å². The molecule has 1 unspecified atom stereocenters. The van der Waals surface area contributed by atoms with Crippen molar-refractivity contribution in [1.29, 1.82) is 0 Å². The molecule has 0 radical (unpaired) electrons. The van der Waals surface area contributed by atoms with Crippen LogP contribution >= 0.6 is 0 Å². The van der Waals surface area contributed by atoms with Gasteiger partial charge in [-0.3, -0.25) is 14.6 Å². The van der Waals surface area contributed by atoms with Crippen LogP contribution in [0.15, 0.2) is 16.9 Å². The Bertz CT molecular complexity index is 858. The standard InChI is InChI=1S/C20H25N5O3/c1-11-9-22-18(10-21-11)20(27)23-14-6-15-4-5-16(7-14)25(15)19(26)8-17-12(2)24-28-13(17)3/h9-10,14-16H,4-8H2,1-3H3,(H,23,27)/t14?,15-,16+. The largest absolute Gasteiger partial charge is 0.361 e. The molecule has 8 heteroatoms. The lowest BCUT2D eigenvalue weighted by atomic mass is 9.96. The lowest BCUT2D eigenvalue weighted by molar-refractivity contribution is -0.135. The smallest absolute Gasteiger partial charge is 0.271 e. The summed E-state index contributed by atoms with van der Waals surface area (Å²) in [5.74, 6) is 0.628. The first-order valence-electron chi connectivity index (χ1n) is 9.74. The molecule has 0 aliphatic carbocycles. The van der Waals surface area contributed by atoms with Gasteiger partial charge in [0.25, 0.3) is 5.91 Å². The topological polar surface area (TPSA) is 101 Å². The van der Waals surface area contributed by atoms with Gasteiger partial charge in [0.05, 0.1) is 24.0 Å². The maximum Gasteiger partial charge on any atom is 0.271 e. The Labute approximate surface area is 163 Å². The molecule has 2 aromatic rings. The molecule has 3 atom stereocenters. The molecule has 0 aromatic carbocycles. The first-order chi connectivity index (χ1) is 13.4. The second-order valence-electron chi connectivity index (χ2n) is 7.85. The highest BCUT2D eigenvalue weighted by molar-refractivity contribution is 5.92. The summed E-state index contributed by atoms with van der Waals surface area (Å²) in [5.41, 5.74) is 2.77. The average molecular weight is 383 g/mol. The van der Waals surface area contributed by atoms with Crippen LogP contribution in [0.1, 0.15) is 58.9 Å². The number of nitrogens with one attached hydrogen (secondary N) is 1. The second-order valence-corrected chi connectivity index (χ2v) is 7.85. The van der Waals surface area contributed by atoms with Crippen molar-refractivity contribution in [2.75, 3.05) is 0 Å². The van der Waals surface area contributed by atoms with Crippen LogP contribution in [0.3, 0.4) is 0 Å². The highest BCUT2D eigenvalue weighted by Gasteiger charge is 2.43. The molecule has 2 amide bonds. The molecular weight excluding hydrogens is 358 g/mol. The fourth-order valence-corrected chi connectivity index (χ4v) is 4.47. The molecule has 0 spiro atoms. The van der Waals surface area contributed by atoms with E-state index in [1.165, 1.54) is 6.20 Å². The van der Waals surface area contributed by atoms with E-state index < -0.39 is 0 Å². The summed E-state index contributed by atoms with van der Waals surface area (Å²) in [5, 5.41) is 7.02. The summed E-state index contributed by atoms with van der Waals surface area (Å²) in [6.45, 7) is 5.54. The molecule has 2 aliphatic rings. The molecule has 28 heavy (non-hydrogen) atoms. The number of nitrogens with zero attached hydrogens (tertiary/aromatic N) is 4. The van der Waals surface area contributed by atoms with Crippen molar-refractivity contribution in [2.45, 2.75) is 71.0 Å². The number of hydrogen-bond acceptors (Lipinski definition) is 6. The number of piperidine rings is 1. The fraction of sp³-hybridized carbons (Fsp3) is 0.550. The van der Waals surface area contributed by atoms with E-state index >= 15 is 0 Å². The van der Waals surface area contributed by atoms with Crippen molar-refractivity contribution in [1.82, 2.24) is 25.3 Å². The van der Waals surface area contributed by atoms with E-state index in [2.05, 4.69) is 20.4 Å². The average Bonchev–Trinajstić information content (AvgIpc) is 3.12. The van der Waals surface area contributed by atoms with Crippen LogP contribution in [-0.4, -0.2) is 50.0 Å². The molecule has 2 fully saturated rings. The van der Waals surface area contributed by atoms with Crippen LogP contribution in [-0.2, 0) is 11.2 Å². The third-order valence-corrected chi connectivity index (χ3v) is 5.88. The monoisotopic (exact) mass is 383 g/mol. The van der Waals surface area contributed by atoms with E-state index in [0.717, 1.165) is 42.6 Å². The maximum absolute atomic E-state index is 13.0. The number of carbonyl (C=O) groups excluding carboxylic acids is 2. The van der Waals surface area contributed by atoms with Gasteiger partial charge in [0.1, 0.15) is 11.5 Å². The van der Waals surface area contributed by atoms with Crippen LogP contribution in [0.25, 0.3) is 0 Å². The number of amides is 2. The van der Waals surface area contributed by atoms with Gasteiger partial charge < -0.3 is 14.7 Å². The minimum atomic E-state index is -0.201. The Balaban J connectivity index is 1.39. The van der Waals surface area contributed by atoms with Crippen molar-refractivity contribution < 1.29 is 14.1 Å². The Hall–Kier alpha value is -2.77. The summed E-state index contributed by atoms with van der Waals surface area (Å²) in [4.78, 5) is 35.7. The van der Waals surface area contributed by atoms with Crippen LogP contribution in [0, 0.1) is 20.8 Å². The third kappa shape index (κ3) is 3.50. The van der Waals surface area contributed by atoms with Gasteiger partial charge in [-0.05, 0) is 46.5 Å². The van der Waals surface area contributed by atoms with E-state index in [1.54, 1.807) is 6.20 Å². The summed E-state index contributed by atoms with van der Waals surface area (Å²) in [7, 11) is 0. The molecule has 2 aromatic heterocycles. The van der Waals surface area contributed by atoms with Gasteiger partial charge in [-0.25, -0.2) is 4.98 Å². The third-order valence-electron chi connectivity index (χ3n) is 5.88. The van der Waals surface area contributed by atoms with Crippen LogP contribution < -0.4 is 5.32 Å². The van der Waals surface area contributed by atoms with Crippen molar-refractivity contribution >= 4 is 11.8 Å². The number of fused-ring (bicyclic) bond motifs is 2. The van der Waals surface area contributed by atoms with Gasteiger partial charge in [0.15, 0.2) is 0 Å². The molecule has 2 saturated heterocycles. The lowest BCUT2D eigenvalue weighted by Gasteiger charge is -2.39. The Kier molecular flexibility index (Phi) is 4.87. The van der Waals surface area contributed by atoms with Crippen molar-refractivity contribution in [2.24, 2.45) is 0 Å². The Morgan fingerprint density at radius 3 is 2.43 bits per heavy atom. The second kappa shape index (κ2) is 7.33. The molecular formula is C20H25N5O3. The number of aryl methyl sites for hydroxylation is 3. The van der Waals surface area contributed by atoms with E-state index in [9.17, 15) is 9.59 Å². The van der Waals surface area contributed by atoms with Crippen LogP contribution in [0.4, 0.5) is 0 Å². The van der Waals surface area contributed by atoms with Crippen LogP contribution in [0.5, 0.6) is 0 Å².